The van der Waals surface area contributed by atoms with Gasteiger partial charge in [-0.15, -0.1) is 10.2 Å². The van der Waals surface area contributed by atoms with Gasteiger partial charge in [-0.25, -0.2) is 4.98 Å². The Labute approximate surface area is 215 Å². The zero-order valence-corrected chi connectivity index (χ0v) is 23.4. The van der Waals surface area contributed by atoms with E-state index in [4.69, 9.17) is 13.9 Å². The van der Waals surface area contributed by atoms with Gasteiger partial charge in [0, 0.05) is 25.5 Å². The average Bonchev–Trinajstić information content (AvgIpc) is 2.87. The average molecular weight is 500 g/mol. The van der Waals surface area contributed by atoms with Crippen LogP contribution in [0.25, 0.3) is 11.3 Å². The first-order valence-electron chi connectivity index (χ1n) is 13.4. The Balaban J connectivity index is 1.71. The highest BCUT2D eigenvalue weighted by Gasteiger charge is 2.16. The summed E-state index contributed by atoms with van der Waals surface area (Å²) in [5.74, 6) is 1.16. The van der Waals surface area contributed by atoms with Crippen molar-refractivity contribution in [3.05, 3.63) is 30.5 Å². The number of rotatable bonds is 20. The molecule has 7 heteroatoms. The highest BCUT2D eigenvalue weighted by Crippen LogP contribution is 2.30. The van der Waals surface area contributed by atoms with Crippen LogP contribution in [0.4, 0.5) is 0 Å². The lowest BCUT2D eigenvalue weighted by Gasteiger charge is -2.24. The fraction of sp³-hybridized carbons (Fsp3) is 0.679. The summed E-state index contributed by atoms with van der Waals surface area (Å²) >= 11 is 0. The molecule has 0 aromatic carbocycles. The van der Waals surface area contributed by atoms with Gasteiger partial charge in [0.05, 0.1) is 17.9 Å². The molecule has 0 bridgehead atoms. The molecule has 0 aliphatic rings. The summed E-state index contributed by atoms with van der Waals surface area (Å²) in [6.45, 7) is 11.5. The van der Waals surface area contributed by atoms with E-state index in [1.54, 1.807) is 6.20 Å². The maximum Gasteiger partial charge on any atom is 0.312 e. The smallest absolute Gasteiger partial charge is 0.312 e. The highest BCUT2D eigenvalue weighted by atomic mass is 28.2. The van der Waals surface area contributed by atoms with E-state index in [1.165, 1.54) is 44.9 Å². The van der Waals surface area contributed by atoms with Gasteiger partial charge in [-0.3, -0.25) is 0 Å². The number of pyridine rings is 1. The Hall–Kier alpha value is -1.99. The van der Waals surface area contributed by atoms with Crippen LogP contribution in [-0.2, 0) is 4.74 Å². The topological polar surface area (TPSA) is 66.4 Å². The second kappa shape index (κ2) is 17.4. The third-order valence-electron chi connectivity index (χ3n) is 6.02. The maximum atomic E-state index is 6.05. The molecule has 6 nitrogen and oxygen atoms in total. The molecule has 2 aromatic rings. The van der Waals surface area contributed by atoms with Crippen molar-refractivity contribution < 1.29 is 13.9 Å². The normalized spacial score (nSPS) is 11.5. The molecule has 0 atom stereocenters. The van der Waals surface area contributed by atoms with Gasteiger partial charge in [0.25, 0.3) is 0 Å². The molecular weight excluding hydrogens is 454 g/mol. The molecule has 0 saturated heterocycles. The van der Waals surface area contributed by atoms with Crippen molar-refractivity contribution in [1.29, 1.82) is 0 Å². The van der Waals surface area contributed by atoms with Gasteiger partial charge in [0.15, 0.2) is 0 Å². The van der Waals surface area contributed by atoms with E-state index >= 15 is 0 Å². The molecule has 35 heavy (non-hydrogen) atoms. The molecule has 0 aliphatic carbocycles. The third-order valence-corrected chi connectivity index (χ3v) is 6.92. The Morgan fingerprint density at radius 3 is 2.37 bits per heavy atom. The number of unbranched alkanes of at least 4 members (excludes halogenated alkanes) is 4. The lowest BCUT2D eigenvalue weighted by Crippen LogP contribution is -2.11. The van der Waals surface area contributed by atoms with E-state index in [0.29, 0.717) is 33.5 Å². The Kier molecular flexibility index (Phi) is 14.6. The van der Waals surface area contributed by atoms with Crippen LogP contribution in [0, 0.1) is 5.41 Å². The van der Waals surface area contributed by atoms with E-state index in [2.05, 4.69) is 42.9 Å². The fourth-order valence-electron chi connectivity index (χ4n) is 3.74. The van der Waals surface area contributed by atoms with Crippen LogP contribution in [-0.4, -0.2) is 44.8 Å². The first kappa shape index (κ1) is 29.2. The standard InChI is InChI=1S/C28H45N3O3Si/c1-5-7-17-28(3,4)18-9-12-23-35-34-27-24(14-13-19-29-27)25-15-16-26(31-30-25)33-22-11-10-21-32-20-8-6-2/h13-16,19H,5-12,17-18,20-23H2,1-4H3. The molecule has 2 aromatic heterocycles. The number of aromatic nitrogens is 3. The van der Waals surface area contributed by atoms with Crippen LogP contribution in [0.15, 0.2) is 30.5 Å². The van der Waals surface area contributed by atoms with Crippen molar-refractivity contribution >= 4 is 9.76 Å². The minimum absolute atomic E-state index is 0.396. The minimum Gasteiger partial charge on any atom is -0.528 e. The summed E-state index contributed by atoms with van der Waals surface area (Å²) in [4.78, 5) is 4.44. The second-order valence-electron chi connectivity index (χ2n) is 9.86. The molecule has 0 aliphatic heterocycles. The molecule has 0 N–H and O–H groups in total. The second-order valence-corrected chi connectivity index (χ2v) is 10.8. The van der Waals surface area contributed by atoms with Crippen LogP contribution in [0.2, 0.25) is 6.04 Å². The third kappa shape index (κ3) is 12.5. The van der Waals surface area contributed by atoms with Crippen molar-refractivity contribution in [3.63, 3.8) is 0 Å². The van der Waals surface area contributed by atoms with Gasteiger partial charge in [0.2, 0.25) is 11.8 Å². The molecule has 0 amide bonds. The zero-order valence-electron chi connectivity index (χ0n) is 22.4. The van der Waals surface area contributed by atoms with E-state index in [0.717, 1.165) is 49.8 Å². The molecule has 194 valence electrons. The monoisotopic (exact) mass is 499 g/mol. The number of hydrogen-bond donors (Lipinski definition) is 0. The van der Waals surface area contributed by atoms with Gasteiger partial charge >= 0.3 is 9.76 Å². The Bertz CT molecular complexity index is 802. The summed E-state index contributed by atoms with van der Waals surface area (Å²) in [6.07, 6.45) is 13.6. The Morgan fingerprint density at radius 1 is 0.829 bits per heavy atom. The van der Waals surface area contributed by atoms with Crippen LogP contribution in [0.5, 0.6) is 11.8 Å². The predicted molar refractivity (Wildman–Crippen MR) is 144 cm³/mol. The SMILES string of the molecule is CCCCOCCCCOc1ccc(-c2cccnc2O[Si]CCCCC(C)(C)CCCC)nn1. The first-order valence-corrected chi connectivity index (χ1v) is 14.6. The summed E-state index contributed by atoms with van der Waals surface area (Å²) < 4.78 is 17.4. The first-order chi connectivity index (χ1) is 17.1. The zero-order chi connectivity index (χ0) is 25.2. The number of ether oxygens (including phenoxy) is 2. The van der Waals surface area contributed by atoms with E-state index in [9.17, 15) is 0 Å². The Morgan fingerprint density at radius 2 is 1.60 bits per heavy atom. The molecule has 2 heterocycles. The van der Waals surface area contributed by atoms with Crippen LogP contribution in [0.1, 0.15) is 91.9 Å². The summed E-state index contributed by atoms with van der Waals surface area (Å²) in [5, 5.41) is 8.59. The van der Waals surface area contributed by atoms with Crippen molar-refractivity contribution in [2.45, 2.75) is 97.9 Å². The molecule has 0 unspecified atom stereocenters. The lowest BCUT2D eigenvalue weighted by molar-refractivity contribution is 0.123. The molecule has 0 saturated carbocycles. The van der Waals surface area contributed by atoms with Crippen molar-refractivity contribution in [2.24, 2.45) is 5.41 Å². The van der Waals surface area contributed by atoms with Crippen LogP contribution in [0.3, 0.4) is 0 Å². The number of hydrogen-bond acceptors (Lipinski definition) is 6. The van der Waals surface area contributed by atoms with E-state index in [1.807, 2.05) is 24.3 Å². The molecule has 2 radical (unpaired) electrons. The summed E-state index contributed by atoms with van der Waals surface area (Å²) in [6, 6.07) is 8.72. The quantitative estimate of drug-likeness (QED) is 0.140. The van der Waals surface area contributed by atoms with Crippen LogP contribution < -0.4 is 9.16 Å². The largest absolute Gasteiger partial charge is 0.528 e. The van der Waals surface area contributed by atoms with Gasteiger partial charge in [-0.2, -0.15) is 0 Å². The van der Waals surface area contributed by atoms with Crippen molar-refractivity contribution in [3.8, 4) is 23.0 Å². The van der Waals surface area contributed by atoms with Crippen molar-refractivity contribution in [1.82, 2.24) is 15.2 Å². The maximum absolute atomic E-state index is 6.05. The van der Waals surface area contributed by atoms with Gasteiger partial charge in [-0.05, 0) is 61.8 Å². The molecule has 0 spiro atoms. The summed E-state index contributed by atoms with van der Waals surface area (Å²) in [7, 11) is 0.396. The minimum atomic E-state index is 0.396. The van der Waals surface area contributed by atoms with E-state index < -0.39 is 0 Å². The summed E-state index contributed by atoms with van der Waals surface area (Å²) in [5.41, 5.74) is 2.06. The van der Waals surface area contributed by atoms with Crippen molar-refractivity contribution in [2.75, 3.05) is 19.8 Å². The fourth-order valence-corrected chi connectivity index (χ4v) is 4.54. The molecule has 0 fully saturated rings. The van der Waals surface area contributed by atoms with Gasteiger partial charge in [0.1, 0.15) is 0 Å². The predicted octanol–water partition coefficient (Wildman–Crippen LogP) is 7.32. The molecular formula is C28H45N3O3Si. The molecule has 2 rings (SSSR count). The van der Waals surface area contributed by atoms with Gasteiger partial charge < -0.3 is 13.9 Å². The highest BCUT2D eigenvalue weighted by molar-refractivity contribution is 6.28. The van der Waals surface area contributed by atoms with E-state index in [-0.39, 0.29) is 0 Å². The van der Waals surface area contributed by atoms with Crippen LogP contribution >= 0.6 is 0 Å². The van der Waals surface area contributed by atoms with Gasteiger partial charge in [-0.1, -0.05) is 59.8 Å². The number of nitrogens with zero attached hydrogens (tertiary/aromatic N) is 3. The lowest BCUT2D eigenvalue weighted by atomic mass is 9.82.